The predicted molar refractivity (Wildman–Crippen MR) is 112 cm³/mol. The minimum atomic E-state index is -0.0400. The van der Waals surface area contributed by atoms with E-state index in [9.17, 15) is 4.79 Å². The molecule has 8 heteroatoms. The molecule has 0 unspecified atom stereocenters. The lowest BCUT2D eigenvalue weighted by atomic mass is 10.0. The van der Waals surface area contributed by atoms with Crippen molar-refractivity contribution >= 4 is 11.3 Å². The van der Waals surface area contributed by atoms with Crippen molar-refractivity contribution < 1.29 is 14.2 Å². The van der Waals surface area contributed by atoms with Crippen LogP contribution in [-0.4, -0.2) is 42.7 Å². The number of nitrogens with one attached hydrogen (secondary N) is 1. The summed E-state index contributed by atoms with van der Waals surface area (Å²) in [7, 11) is 4.83. The molecule has 1 aliphatic heterocycles. The largest absolute Gasteiger partial charge is 0.493 e. The van der Waals surface area contributed by atoms with Crippen LogP contribution in [0.2, 0.25) is 0 Å². The van der Waals surface area contributed by atoms with Gasteiger partial charge in [0.1, 0.15) is 0 Å². The molecule has 3 aromatic rings. The molecule has 0 radical (unpaired) electrons. The Bertz CT molecular complexity index is 1060. The lowest BCUT2D eigenvalue weighted by Gasteiger charge is -2.28. The molecule has 1 aromatic carbocycles. The standard InChI is InChI=1S/C21H23N3O4S/c1-26-16-7-6-13(18(27-2)19(16)28-3)11-24-9-8-14-15(12-24)22-20(23-21(14)25)17-5-4-10-29-17/h4-7,10H,8-9,11-12H2,1-3H3,(H,22,23,25). The Morgan fingerprint density at radius 3 is 2.66 bits per heavy atom. The second-order valence-corrected chi connectivity index (χ2v) is 7.72. The lowest BCUT2D eigenvalue weighted by molar-refractivity contribution is 0.235. The van der Waals surface area contributed by atoms with Crippen LogP contribution in [0.1, 0.15) is 16.8 Å². The van der Waals surface area contributed by atoms with Gasteiger partial charge in [-0.05, 0) is 23.9 Å². The highest BCUT2D eigenvalue weighted by atomic mass is 32.1. The van der Waals surface area contributed by atoms with Crippen LogP contribution in [0.15, 0.2) is 34.4 Å². The normalized spacial score (nSPS) is 13.8. The molecular weight excluding hydrogens is 390 g/mol. The van der Waals surface area contributed by atoms with Crippen molar-refractivity contribution in [3.63, 3.8) is 0 Å². The third-order valence-corrected chi connectivity index (χ3v) is 5.96. The van der Waals surface area contributed by atoms with Gasteiger partial charge >= 0.3 is 0 Å². The van der Waals surface area contributed by atoms with E-state index in [1.807, 2.05) is 29.6 Å². The first-order valence-electron chi connectivity index (χ1n) is 9.30. The zero-order valence-corrected chi connectivity index (χ0v) is 17.5. The average Bonchev–Trinajstić information content (AvgIpc) is 3.28. The molecule has 0 fully saturated rings. The Hall–Kier alpha value is -2.84. The van der Waals surface area contributed by atoms with Crippen molar-refractivity contribution in [3.05, 3.63) is 56.8 Å². The van der Waals surface area contributed by atoms with Gasteiger partial charge in [-0.25, -0.2) is 4.98 Å². The maximum absolute atomic E-state index is 12.5. The zero-order valence-electron chi connectivity index (χ0n) is 16.7. The summed E-state index contributed by atoms with van der Waals surface area (Å²) in [5, 5.41) is 1.98. The molecule has 152 valence electrons. The van der Waals surface area contributed by atoms with Crippen LogP contribution < -0.4 is 19.8 Å². The van der Waals surface area contributed by atoms with Crippen molar-refractivity contribution in [2.75, 3.05) is 27.9 Å². The quantitative estimate of drug-likeness (QED) is 0.669. The monoisotopic (exact) mass is 413 g/mol. The molecule has 0 bridgehead atoms. The number of aromatic amines is 1. The van der Waals surface area contributed by atoms with E-state index in [0.29, 0.717) is 42.6 Å². The molecule has 29 heavy (non-hydrogen) atoms. The van der Waals surface area contributed by atoms with E-state index in [1.165, 1.54) is 0 Å². The third-order valence-electron chi connectivity index (χ3n) is 5.09. The SMILES string of the molecule is COc1ccc(CN2CCc3c(nc(-c4cccs4)[nH]c3=O)C2)c(OC)c1OC. The molecule has 0 amide bonds. The van der Waals surface area contributed by atoms with E-state index in [4.69, 9.17) is 19.2 Å². The Balaban J connectivity index is 1.62. The highest BCUT2D eigenvalue weighted by molar-refractivity contribution is 7.13. The first-order valence-corrected chi connectivity index (χ1v) is 10.2. The van der Waals surface area contributed by atoms with Gasteiger partial charge in [-0.3, -0.25) is 9.69 Å². The van der Waals surface area contributed by atoms with Crippen LogP contribution in [-0.2, 0) is 19.5 Å². The number of hydrogen-bond donors (Lipinski definition) is 1. The van der Waals surface area contributed by atoms with Crippen molar-refractivity contribution in [2.45, 2.75) is 19.5 Å². The first kappa shape index (κ1) is 19.5. The predicted octanol–water partition coefficient (Wildman–Crippen LogP) is 3.08. The highest BCUT2D eigenvalue weighted by Crippen LogP contribution is 2.40. The third kappa shape index (κ3) is 3.73. The van der Waals surface area contributed by atoms with Gasteiger partial charge in [-0.15, -0.1) is 11.3 Å². The van der Waals surface area contributed by atoms with E-state index in [0.717, 1.165) is 28.2 Å². The molecule has 4 rings (SSSR count). The summed E-state index contributed by atoms with van der Waals surface area (Å²) in [6.45, 7) is 2.04. The summed E-state index contributed by atoms with van der Waals surface area (Å²) < 4.78 is 16.5. The number of H-pyrrole nitrogens is 1. The number of rotatable bonds is 6. The number of methoxy groups -OCH3 is 3. The van der Waals surface area contributed by atoms with E-state index >= 15 is 0 Å². The fourth-order valence-electron chi connectivity index (χ4n) is 3.69. The van der Waals surface area contributed by atoms with Crippen molar-refractivity contribution in [3.8, 4) is 28.0 Å². The van der Waals surface area contributed by atoms with Crippen LogP contribution in [0.5, 0.6) is 17.2 Å². The number of benzene rings is 1. The van der Waals surface area contributed by atoms with Crippen LogP contribution in [0.25, 0.3) is 10.7 Å². The maximum atomic E-state index is 12.5. The van der Waals surface area contributed by atoms with Gasteiger partial charge in [-0.1, -0.05) is 12.1 Å². The molecule has 0 saturated heterocycles. The summed E-state index contributed by atoms with van der Waals surface area (Å²) in [5.41, 5.74) is 2.57. The van der Waals surface area contributed by atoms with Gasteiger partial charge < -0.3 is 19.2 Å². The Labute approximate surface area is 172 Å². The van der Waals surface area contributed by atoms with Crippen LogP contribution >= 0.6 is 11.3 Å². The second kappa shape index (κ2) is 8.26. The second-order valence-electron chi connectivity index (χ2n) is 6.77. The van der Waals surface area contributed by atoms with Gasteiger partial charge in [0, 0.05) is 30.8 Å². The molecule has 0 spiro atoms. The van der Waals surface area contributed by atoms with Gasteiger partial charge in [0.05, 0.1) is 31.9 Å². The zero-order chi connectivity index (χ0) is 20.4. The van der Waals surface area contributed by atoms with Gasteiger partial charge in [0.2, 0.25) is 5.75 Å². The lowest BCUT2D eigenvalue weighted by Crippen LogP contribution is -2.35. The van der Waals surface area contributed by atoms with Gasteiger partial charge in [-0.2, -0.15) is 0 Å². The molecule has 0 atom stereocenters. The van der Waals surface area contributed by atoms with E-state index < -0.39 is 0 Å². The fourth-order valence-corrected chi connectivity index (χ4v) is 4.36. The minimum Gasteiger partial charge on any atom is -0.493 e. The Kier molecular flexibility index (Phi) is 5.55. The van der Waals surface area contributed by atoms with E-state index in [2.05, 4.69) is 9.88 Å². The molecule has 0 saturated carbocycles. The summed E-state index contributed by atoms with van der Waals surface area (Å²) in [4.78, 5) is 23.4. The van der Waals surface area contributed by atoms with E-state index in [1.54, 1.807) is 32.7 Å². The number of fused-ring (bicyclic) bond motifs is 1. The summed E-state index contributed by atoms with van der Waals surface area (Å²) in [6, 6.07) is 7.78. The minimum absolute atomic E-state index is 0.0400. The molecule has 1 N–H and O–H groups in total. The number of aromatic nitrogens is 2. The molecule has 3 heterocycles. The van der Waals surface area contributed by atoms with E-state index in [-0.39, 0.29) is 5.56 Å². The average molecular weight is 413 g/mol. The van der Waals surface area contributed by atoms with Crippen LogP contribution in [0, 0.1) is 0 Å². The number of nitrogens with zero attached hydrogens (tertiary/aromatic N) is 2. The number of hydrogen-bond acceptors (Lipinski definition) is 7. The Morgan fingerprint density at radius 2 is 1.97 bits per heavy atom. The smallest absolute Gasteiger partial charge is 0.254 e. The van der Waals surface area contributed by atoms with Crippen molar-refractivity contribution in [2.24, 2.45) is 0 Å². The van der Waals surface area contributed by atoms with Crippen molar-refractivity contribution in [1.29, 1.82) is 0 Å². The van der Waals surface area contributed by atoms with Gasteiger partial charge in [0.15, 0.2) is 17.3 Å². The number of thiophene rings is 1. The molecule has 7 nitrogen and oxygen atoms in total. The maximum Gasteiger partial charge on any atom is 0.254 e. The number of ether oxygens (including phenoxy) is 3. The highest BCUT2D eigenvalue weighted by Gasteiger charge is 2.24. The molecule has 1 aliphatic rings. The fraction of sp³-hybridized carbons (Fsp3) is 0.333. The molecule has 2 aromatic heterocycles. The molecule has 0 aliphatic carbocycles. The van der Waals surface area contributed by atoms with Crippen LogP contribution in [0.3, 0.4) is 0 Å². The Morgan fingerprint density at radius 1 is 1.14 bits per heavy atom. The van der Waals surface area contributed by atoms with Crippen molar-refractivity contribution in [1.82, 2.24) is 14.9 Å². The topological polar surface area (TPSA) is 76.7 Å². The van der Waals surface area contributed by atoms with Gasteiger partial charge in [0.25, 0.3) is 5.56 Å². The molecular formula is C21H23N3O4S. The van der Waals surface area contributed by atoms with Crippen LogP contribution in [0.4, 0.5) is 0 Å². The summed E-state index contributed by atoms with van der Waals surface area (Å²) in [6.07, 6.45) is 0.665. The first-order chi connectivity index (χ1) is 14.1. The summed E-state index contributed by atoms with van der Waals surface area (Å²) >= 11 is 1.56. The summed E-state index contributed by atoms with van der Waals surface area (Å²) in [5.74, 6) is 2.51.